The molecule has 3 rings (SSSR count). The molecule has 146 valence electrons. The SMILES string of the molecule is CCOC(=O)c1csc2ncn(C(C)C(=O)Nc3cc(Cl)ccc3Cl)c(=O)c12. The van der Waals surface area contributed by atoms with E-state index in [1.54, 1.807) is 26.0 Å². The number of hydrogen-bond donors (Lipinski definition) is 1. The molecule has 1 amide bonds. The number of aromatic nitrogens is 2. The molecule has 7 nitrogen and oxygen atoms in total. The van der Waals surface area contributed by atoms with Gasteiger partial charge in [0, 0.05) is 10.4 Å². The Morgan fingerprint density at radius 1 is 1.36 bits per heavy atom. The predicted molar refractivity (Wildman–Crippen MR) is 110 cm³/mol. The summed E-state index contributed by atoms with van der Waals surface area (Å²) >= 11 is 13.2. The molecule has 0 radical (unpaired) electrons. The first kappa shape index (κ1) is 20.3. The average molecular weight is 440 g/mol. The van der Waals surface area contributed by atoms with E-state index in [4.69, 9.17) is 27.9 Å². The van der Waals surface area contributed by atoms with Crippen LogP contribution in [-0.4, -0.2) is 28.0 Å². The van der Waals surface area contributed by atoms with Gasteiger partial charge < -0.3 is 10.1 Å². The summed E-state index contributed by atoms with van der Waals surface area (Å²) in [5.74, 6) is -1.09. The molecule has 1 aromatic carbocycles. The molecule has 10 heteroatoms. The molecular formula is C18H15Cl2N3O4S. The maximum absolute atomic E-state index is 12.9. The highest BCUT2D eigenvalue weighted by Gasteiger charge is 2.23. The Hall–Kier alpha value is -2.42. The van der Waals surface area contributed by atoms with Crippen molar-refractivity contribution in [2.75, 3.05) is 11.9 Å². The Labute approximate surface area is 173 Å². The van der Waals surface area contributed by atoms with Crippen LogP contribution in [0, 0.1) is 0 Å². The second-order valence-electron chi connectivity index (χ2n) is 5.80. The molecule has 3 aromatic rings. The molecule has 0 bridgehead atoms. The number of rotatable bonds is 5. The molecule has 1 unspecified atom stereocenters. The molecule has 1 atom stereocenters. The third kappa shape index (κ3) is 3.89. The summed E-state index contributed by atoms with van der Waals surface area (Å²) in [5.41, 5.74) is -0.0378. The predicted octanol–water partition coefficient (Wildman–Crippen LogP) is 4.14. The van der Waals surface area contributed by atoms with E-state index in [1.165, 1.54) is 17.8 Å². The molecule has 2 aromatic heterocycles. The number of esters is 1. The number of halogens is 2. The van der Waals surface area contributed by atoms with Gasteiger partial charge in [0.05, 0.1) is 34.6 Å². The molecule has 0 spiro atoms. The molecule has 0 aliphatic heterocycles. The van der Waals surface area contributed by atoms with Gasteiger partial charge in [0.1, 0.15) is 10.9 Å². The van der Waals surface area contributed by atoms with Gasteiger partial charge in [0.25, 0.3) is 5.56 Å². The van der Waals surface area contributed by atoms with Gasteiger partial charge in [-0.25, -0.2) is 9.78 Å². The van der Waals surface area contributed by atoms with E-state index in [9.17, 15) is 14.4 Å². The number of amides is 1. The van der Waals surface area contributed by atoms with Crippen molar-refractivity contribution in [3.63, 3.8) is 0 Å². The van der Waals surface area contributed by atoms with Crippen LogP contribution in [0.5, 0.6) is 0 Å². The topological polar surface area (TPSA) is 90.3 Å². The maximum atomic E-state index is 12.9. The number of benzene rings is 1. The van der Waals surface area contributed by atoms with E-state index in [0.29, 0.717) is 20.6 Å². The summed E-state index contributed by atoms with van der Waals surface area (Å²) in [6.45, 7) is 3.40. The molecule has 1 N–H and O–H groups in total. The standard InChI is InChI=1S/C18H15Cl2N3O4S/c1-3-27-18(26)11-7-28-16-14(11)17(25)23(8-21-16)9(2)15(24)22-13-6-10(19)4-5-12(13)20/h4-9H,3H2,1-2H3,(H,22,24). The molecule has 0 saturated carbocycles. The summed E-state index contributed by atoms with van der Waals surface area (Å²) in [6, 6.07) is 3.75. The van der Waals surface area contributed by atoms with Crippen LogP contribution >= 0.6 is 34.5 Å². The summed E-state index contributed by atoms with van der Waals surface area (Å²) < 4.78 is 6.14. The lowest BCUT2D eigenvalue weighted by molar-refractivity contribution is -0.118. The molecule has 0 fully saturated rings. The molecule has 0 aliphatic rings. The Bertz CT molecular complexity index is 1130. The van der Waals surface area contributed by atoms with Crippen LogP contribution in [-0.2, 0) is 9.53 Å². The lowest BCUT2D eigenvalue weighted by Gasteiger charge is -2.15. The van der Waals surface area contributed by atoms with Crippen molar-refractivity contribution in [3.05, 3.63) is 55.9 Å². The molecule has 2 heterocycles. The van der Waals surface area contributed by atoms with Crippen molar-refractivity contribution in [2.45, 2.75) is 19.9 Å². The van der Waals surface area contributed by atoms with Crippen LogP contribution in [0.4, 0.5) is 5.69 Å². The number of carbonyl (C=O) groups is 2. The van der Waals surface area contributed by atoms with E-state index in [-0.39, 0.29) is 17.6 Å². The number of hydrogen-bond acceptors (Lipinski definition) is 6. The van der Waals surface area contributed by atoms with Crippen LogP contribution in [0.25, 0.3) is 10.2 Å². The molecule has 0 aliphatic carbocycles. The van der Waals surface area contributed by atoms with Crippen molar-refractivity contribution < 1.29 is 14.3 Å². The number of fused-ring (bicyclic) bond motifs is 1. The summed E-state index contributed by atoms with van der Waals surface area (Å²) in [4.78, 5) is 42.3. The van der Waals surface area contributed by atoms with Crippen molar-refractivity contribution in [1.82, 2.24) is 9.55 Å². The van der Waals surface area contributed by atoms with Crippen molar-refractivity contribution in [3.8, 4) is 0 Å². The highest BCUT2D eigenvalue weighted by molar-refractivity contribution is 7.17. The number of thiophene rings is 1. The van der Waals surface area contributed by atoms with E-state index in [1.807, 2.05) is 0 Å². The highest BCUT2D eigenvalue weighted by Crippen LogP contribution is 2.26. The summed E-state index contributed by atoms with van der Waals surface area (Å²) in [6.07, 6.45) is 1.28. The van der Waals surface area contributed by atoms with Gasteiger partial charge >= 0.3 is 5.97 Å². The fourth-order valence-corrected chi connectivity index (χ4v) is 3.74. The minimum atomic E-state index is -0.908. The second-order valence-corrected chi connectivity index (χ2v) is 7.50. The zero-order valence-corrected chi connectivity index (χ0v) is 17.2. The number of nitrogens with one attached hydrogen (secondary N) is 1. The Morgan fingerprint density at radius 3 is 2.82 bits per heavy atom. The Kier molecular flexibility index (Phi) is 6.02. The minimum absolute atomic E-state index is 0.131. The fourth-order valence-electron chi connectivity index (χ4n) is 2.54. The fraction of sp³-hybridized carbons (Fsp3) is 0.222. The highest BCUT2D eigenvalue weighted by atomic mass is 35.5. The Balaban J connectivity index is 1.96. The minimum Gasteiger partial charge on any atom is -0.462 e. The van der Waals surface area contributed by atoms with Gasteiger partial charge in [-0.3, -0.25) is 14.2 Å². The van der Waals surface area contributed by atoms with Crippen LogP contribution in [0.1, 0.15) is 30.2 Å². The maximum Gasteiger partial charge on any atom is 0.339 e. The first-order valence-electron chi connectivity index (χ1n) is 8.24. The zero-order chi connectivity index (χ0) is 20.4. The number of nitrogens with zero attached hydrogens (tertiary/aromatic N) is 2. The van der Waals surface area contributed by atoms with Gasteiger partial charge in [-0.15, -0.1) is 11.3 Å². The van der Waals surface area contributed by atoms with Crippen LogP contribution < -0.4 is 10.9 Å². The lowest BCUT2D eigenvalue weighted by atomic mass is 10.2. The van der Waals surface area contributed by atoms with Crippen molar-refractivity contribution >= 4 is 62.3 Å². The number of ether oxygens (including phenoxy) is 1. The second kappa shape index (κ2) is 8.30. The van der Waals surface area contributed by atoms with Gasteiger partial charge in [-0.1, -0.05) is 23.2 Å². The van der Waals surface area contributed by atoms with Gasteiger partial charge in [0.15, 0.2) is 0 Å². The van der Waals surface area contributed by atoms with Gasteiger partial charge in [0.2, 0.25) is 5.91 Å². The van der Waals surface area contributed by atoms with Crippen LogP contribution in [0.3, 0.4) is 0 Å². The summed E-state index contributed by atoms with van der Waals surface area (Å²) in [7, 11) is 0. The quantitative estimate of drug-likeness (QED) is 0.603. The van der Waals surface area contributed by atoms with Crippen molar-refractivity contribution in [2.24, 2.45) is 0 Å². The number of carbonyl (C=O) groups excluding carboxylic acids is 2. The first-order valence-corrected chi connectivity index (χ1v) is 9.88. The van der Waals surface area contributed by atoms with Crippen LogP contribution in [0.15, 0.2) is 34.7 Å². The average Bonchev–Trinajstić information content (AvgIpc) is 3.10. The van der Waals surface area contributed by atoms with Gasteiger partial charge in [-0.05, 0) is 32.0 Å². The van der Waals surface area contributed by atoms with E-state index in [2.05, 4.69) is 10.3 Å². The zero-order valence-electron chi connectivity index (χ0n) is 14.9. The Morgan fingerprint density at radius 2 is 2.11 bits per heavy atom. The third-order valence-electron chi connectivity index (χ3n) is 4.00. The normalized spacial score (nSPS) is 12.0. The van der Waals surface area contributed by atoms with E-state index >= 15 is 0 Å². The monoisotopic (exact) mass is 439 g/mol. The number of anilines is 1. The summed E-state index contributed by atoms with van der Waals surface area (Å²) in [5, 5.41) is 5.02. The smallest absolute Gasteiger partial charge is 0.339 e. The largest absolute Gasteiger partial charge is 0.462 e. The third-order valence-corrected chi connectivity index (χ3v) is 5.45. The van der Waals surface area contributed by atoms with Gasteiger partial charge in [-0.2, -0.15) is 0 Å². The lowest BCUT2D eigenvalue weighted by Crippen LogP contribution is -2.32. The van der Waals surface area contributed by atoms with Crippen LogP contribution in [0.2, 0.25) is 10.0 Å². The molecule has 0 saturated heterocycles. The first-order chi connectivity index (χ1) is 13.3. The molecule has 28 heavy (non-hydrogen) atoms. The molecular weight excluding hydrogens is 425 g/mol. The van der Waals surface area contributed by atoms with Crippen molar-refractivity contribution in [1.29, 1.82) is 0 Å². The van der Waals surface area contributed by atoms with E-state index in [0.717, 1.165) is 15.9 Å². The van der Waals surface area contributed by atoms with E-state index < -0.39 is 23.5 Å².